The fraction of sp³-hybridized carbons (Fsp3) is 0.929. The predicted octanol–water partition coefficient (Wildman–Crippen LogP) is 0.202. The number of likely N-dealkylation sites (N-methyl/N-ethyl adjacent to an activating group) is 2. The summed E-state index contributed by atoms with van der Waals surface area (Å²) >= 11 is 0. The molecule has 120 valence electrons. The van der Waals surface area contributed by atoms with Gasteiger partial charge in [-0.25, -0.2) is 0 Å². The summed E-state index contributed by atoms with van der Waals surface area (Å²) in [5, 5.41) is 8.71. The second-order valence-electron chi connectivity index (χ2n) is 4.99. The fourth-order valence-electron chi connectivity index (χ4n) is 1.66. The number of aliphatic hydroxyl groups excluding tert-OH is 1. The Morgan fingerprint density at radius 3 is 2.00 bits per heavy atom. The normalized spacial score (nSPS) is 11.3. The third-order valence-electron chi connectivity index (χ3n) is 2.92. The monoisotopic (exact) mass is 290 g/mol. The van der Waals surface area contributed by atoms with E-state index in [9.17, 15) is 4.79 Å². The molecule has 0 bridgehead atoms. The van der Waals surface area contributed by atoms with E-state index in [1.54, 1.807) is 0 Å². The number of esters is 1. The minimum atomic E-state index is -0.221. The molecular weight excluding hydrogens is 260 g/mol. The van der Waals surface area contributed by atoms with Crippen LogP contribution >= 0.6 is 0 Å². The van der Waals surface area contributed by atoms with Crippen molar-refractivity contribution in [1.29, 1.82) is 0 Å². The highest BCUT2D eigenvalue weighted by molar-refractivity contribution is 5.65. The van der Waals surface area contributed by atoms with Gasteiger partial charge in [-0.3, -0.25) is 4.79 Å². The lowest BCUT2D eigenvalue weighted by atomic mass is 10.4. The maximum Gasteiger partial charge on any atom is 0.302 e. The third kappa shape index (κ3) is 13.7. The zero-order valence-electron chi connectivity index (χ0n) is 13.1. The molecule has 0 radical (unpaired) electrons. The Balaban J connectivity index is 3.30. The Hall–Kier alpha value is -0.690. The first-order valence-corrected chi connectivity index (χ1v) is 7.25. The molecule has 1 N–H and O–H groups in total. The molecule has 0 saturated carbocycles. The van der Waals surface area contributed by atoms with Crippen LogP contribution in [0.25, 0.3) is 0 Å². The number of carbonyl (C=O) groups excluding carboxylic acids is 1. The molecule has 20 heavy (non-hydrogen) atoms. The molecule has 6 heteroatoms. The molecule has 0 fully saturated rings. The van der Waals surface area contributed by atoms with Crippen molar-refractivity contribution in [3.63, 3.8) is 0 Å². The van der Waals surface area contributed by atoms with Crippen molar-refractivity contribution in [2.45, 2.75) is 19.8 Å². The number of carbonyl (C=O) groups is 1. The maximum absolute atomic E-state index is 10.6. The van der Waals surface area contributed by atoms with Gasteiger partial charge in [-0.2, -0.15) is 0 Å². The molecule has 0 spiro atoms. The van der Waals surface area contributed by atoms with Crippen molar-refractivity contribution in [1.82, 2.24) is 9.80 Å². The van der Waals surface area contributed by atoms with E-state index in [4.69, 9.17) is 14.6 Å². The molecule has 0 aliphatic carbocycles. The van der Waals surface area contributed by atoms with Gasteiger partial charge in [-0.15, -0.1) is 0 Å². The lowest BCUT2D eigenvalue weighted by molar-refractivity contribution is -0.141. The number of rotatable bonds is 13. The summed E-state index contributed by atoms with van der Waals surface area (Å²) in [6.45, 7) is 7.12. The molecule has 0 aliphatic rings. The van der Waals surface area contributed by atoms with Gasteiger partial charge in [-0.05, 0) is 26.9 Å². The van der Waals surface area contributed by atoms with Crippen molar-refractivity contribution < 1.29 is 19.4 Å². The van der Waals surface area contributed by atoms with E-state index in [0.29, 0.717) is 19.8 Å². The number of hydrogen-bond acceptors (Lipinski definition) is 6. The smallest absolute Gasteiger partial charge is 0.302 e. The minimum Gasteiger partial charge on any atom is -0.466 e. The van der Waals surface area contributed by atoms with Crippen LogP contribution in [0.1, 0.15) is 19.8 Å². The van der Waals surface area contributed by atoms with Gasteiger partial charge >= 0.3 is 5.97 Å². The van der Waals surface area contributed by atoms with E-state index in [-0.39, 0.29) is 12.6 Å². The molecule has 0 aromatic heterocycles. The summed E-state index contributed by atoms with van der Waals surface area (Å²) in [6.07, 6.45) is 1.65. The topological polar surface area (TPSA) is 62.2 Å². The lowest BCUT2D eigenvalue weighted by Crippen LogP contribution is -2.28. The van der Waals surface area contributed by atoms with Crippen LogP contribution < -0.4 is 0 Å². The first kappa shape index (κ1) is 19.3. The van der Waals surface area contributed by atoms with Crippen molar-refractivity contribution in [3.8, 4) is 0 Å². The first-order chi connectivity index (χ1) is 9.56. The van der Waals surface area contributed by atoms with Gasteiger partial charge in [0, 0.05) is 39.7 Å². The summed E-state index contributed by atoms with van der Waals surface area (Å²) in [4.78, 5) is 14.9. The number of ether oxygens (including phenoxy) is 2. The highest BCUT2D eigenvalue weighted by Gasteiger charge is 2.01. The van der Waals surface area contributed by atoms with E-state index in [1.807, 2.05) is 14.1 Å². The van der Waals surface area contributed by atoms with Gasteiger partial charge in [0.25, 0.3) is 0 Å². The Morgan fingerprint density at radius 1 is 0.950 bits per heavy atom. The lowest BCUT2D eigenvalue weighted by Gasteiger charge is -2.18. The van der Waals surface area contributed by atoms with Crippen LogP contribution in [0.2, 0.25) is 0 Å². The highest BCUT2D eigenvalue weighted by Crippen LogP contribution is 1.91. The van der Waals surface area contributed by atoms with Crippen LogP contribution in [0.5, 0.6) is 0 Å². The Bertz CT molecular complexity index is 239. The van der Waals surface area contributed by atoms with Crippen LogP contribution in [-0.2, 0) is 14.3 Å². The number of aliphatic hydroxyl groups is 1. The minimum absolute atomic E-state index is 0.221. The van der Waals surface area contributed by atoms with E-state index in [0.717, 1.165) is 39.0 Å². The molecule has 0 aromatic carbocycles. The first-order valence-electron chi connectivity index (χ1n) is 7.25. The summed E-state index contributed by atoms with van der Waals surface area (Å²) in [6, 6.07) is 0. The van der Waals surface area contributed by atoms with Crippen molar-refractivity contribution in [2.24, 2.45) is 0 Å². The standard InChI is InChI=1S/C14H30N2O4/c1-14(18)20-11-5-7-16(3)9-13-19-12-8-15(2)6-4-10-17/h17H,4-13H2,1-3H3. The van der Waals surface area contributed by atoms with Gasteiger partial charge in [0.1, 0.15) is 0 Å². The quantitative estimate of drug-likeness (QED) is 0.386. The summed E-state index contributed by atoms with van der Waals surface area (Å²) in [7, 11) is 4.06. The van der Waals surface area contributed by atoms with Crippen LogP contribution in [0, 0.1) is 0 Å². The largest absolute Gasteiger partial charge is 0.466 e. The predicted molar refractivity (Wildman–Crippen MR) is 78.8 cm³/mol. The Kier molecular flexibility index (Phi) is 12.8. The van der Waals surface area contributed by atoms with E-state index in [2.05, 4.69) is 9.80 Å². The van der Waals surface area contributed by atoms with E-state index < -0.39 is 0 Å². The molecule has 0 heterocycles. The molecule has 0 unspecified atom stereocenters. The summed E-state index contributed by atoms with van der Waals surface area (Å²) < 4.78 is 10.4. The number of hydrogen-bond donors (Lipinski definition) is 1. The Morgan fingerprint density at radius 2 is 1.50 bits per heavy atom. The third-order valence-corrected chi connectivity index (χ3v) is 2.92. The SMILES string of the molecule is CC(=O)OCCCN(C)CCOCCN(C)CCCO. The van der Waals surface area contributed by atoms with Crippen LogP contribution in [-0.4, -0.2) is 87.6 Å². The summed E-state index contributed by atoms with van der Waals surface area (Å²) in [5.74, 6) is -0.221. The highest BCUT2D eigenvalue weighted by atomic mass is 16.5. The summed E-state index contributed by atoms with van der Waals surface area (Å²) in [5.41, 5.74) is 0. The maximum atomic E-state index is 10.6. The van der Waals surface area contributed by atoms with Crippen molar-refractivity contribution >= 4 is 5.97 Å². The number of nitrogens with zero attached hydrogens (tertiary/aromatic N) is 2. The Labute approximate surface area is 122 Å². The van der Waals surface area contributed by atoms with Crippen LogP contribution in [0.3, 0.4) is 0 Å². The zero-order valence-corrected chi connectivity index (χ0v) is 13.1. The second-order valence-corrected chi connectivity index (χ2v) is 4.99. The fourth-order valence-corrected chi connectivity index (χ4v) is 1.66. The second kappa shape index (κ2) is 13.3. The molecule has 0 aromatic rings. The molecular formula is C14H30N2O4. The van der Waals surface area contributed by atoms with Crippen LogP contribution in [0.15, 0.2) is 0 Å². The van der Waals surface area contributed by atoms with Gasteiger partial charge in [0.2, 0.25) is 0 Å². The van der Waals surface area contributed by atoms with Gasteiger partial charge in [-0.1, -0.05) is 0 Å². The van der Waals surface area contributed by atoms with Gasteiger partial charge in [0.05, 0.1) is 19.8 Å². The molecule has 0 saturated heterocycles. The van der Waals surface area contributed by atoms with E-state index >= 15 is 0 Å². The van der Waals surface area contributed by atoms with Crippen LogP contribution in [0.4, 0.5) is 0 Å². The van der Waals surface area contributed by atoms with E-state index in [1.165, 1.54) is 6.92 Å². The average molecular weight is 290 g/mol. The van der Waals surface area contributed by atoms with Gasteiger partial charge in [0.15, 0.2) is 0 Å². The van der Waals surface area contributed by atoms with Crippen molar-refractivity contribution in [3.05, 3.63) is 0 Å². The molecule has 6 nitrogen and oxygen atoms in total. The molecule has 0 rings (SSSR count). The van der Waals surface area contributed by atoms with Gasteiger partial charge < -0.3 is 24.4 Å². The zero-order chi connectivity index (χ0) is 15.2. The molecule has 0 amide bonds. The molecule has 0 aliphatic heterocycles. The average Bonchev–Trinajstić information content (AvgIpc) is 2.40. The molecule has 0 atom stereocenters. The van der Waals surface area contributed by atoms with Crippen molar-refractivity contribution in [2.75, 3.05) is 66.7 Å².